The number of likely N-dealkylation sites (tertiary alicyclic amines) is 1. The van der Waals surface area contributed by atoms with Crippen LogP contribution in [-0.4, -0.2) is 23.3 Å². The van der Waals surface area contributed by atoms with Crippen molar-refractivity contribution in [3.05, 3.63) is 0 Å². The van der Waals surface area contributed by atoms with Crippen LogP contribution < -0.4 is 0 Å². The first-order chi connectivity index (χ1) is 4.93. The normalized spacial score (nSPS) is 34.6. The van der Waals surface area contributed by atoms with Crippen molar-refractivity contribution >= 4 is 0 Å². The molecule has 1 nitrogen and oxygen atoms in total. The van der Waals surface area contributed by atoms with Crippen LogP contribution in [0.5, 0.6) is 0 Å². The maximum absolute atomic E-state index is 13.4. The standard InChI is InChI=1S/C9H18FN/c1-7-5-6-11(8(7)10)9(2,3)4/h7-8H,5-6H2,1-4H3/t7-,8?/m1/s1. The lowest BCUT2D eigenvalue weighted by atomic mass is 10.1. The fraction of sp³-hybridized carbons (Fsp3) is 1.00. The summed E-state index contributed by atoms with van der Waals surface area (Å²) >= 11 is 0. The average Bonchev–Trinajstić information content (AvgIpc) is 2.11. The molecule has 2 heteroatoms. The molecule has 0 aliphatic carbocycles. The molecule has 0 aromatic carbocycles. The lowest BCUT2D eigenvalue weighted by Crippen LogP contribution is -2.43. The maximum Gasteiger partial charge on any atom is 0.156 e. The third-order valence-electron chi connectivity index (χ3n) is 2.45. The second kappa shape index (κ2) is 2.74. The lowest BCUT2D eigenvalue weighted by molar-refractivity contribution is 0.0262. The van der Waals surface area contributed by atoms with Crippen LogP contribution >= 0.6 is 0 Å². The van der Waals surface area contributed by atoms with E-state index >= 15 is 0 Å². The first-order valence-electron chi connectivity index (χ1n) is 4.34. The van der Waals surface area contributed by atoms with Crippen LogP contribution in [0.1, 0.15) is 34.1 Å². The van der Waals surface area contributed by atoms with Gasteiger partial charge in [-0.3, -0.25) is 4.90 Å². The smallest absolute Gasteiger partial charge is 0.156 e. The van der Waals surface area contributed by atoms with Gasteiger partial charge in [0.15, 0.2) is 6.30 Å². The molecule has 0 bridgehead atoms. The van der Waals surface area contributed by atoms with E-state index in [0.29, 0.717) is 0 Å². The Labute approximate surface area is 68.6 Å². The number of halogens is 1. The Morgan fingerprint density at radius 2 is 1.91 bits per heavy atom. The van der Waals surface area contributed by atoms with Crippen molar-refractivity contribution in [3.63, 3.8) is 0 Å². The second-order valence-electron chi connectivity index (χ2n) is 4.50. The zero-order valence-corrected chi connectivity index (χ0v) is 7.89. The quantitative estimate of drug-likeness (QED) is 0.491. The molecule has 1 saturated heterocycles. The summed E-state index contributed by atoms with van der Waals surface area (Å²) in [4.78, 5) is 1.94. The zero-order valence-electron chi connectivity index (χ0n) is 7.89. The molecule has 0 spiro atoms. The summed E-state index contributed by atoms with van der Waals surface area (Å²) in [6.07, 6.45) is 0.272. The van der Waals surface area contributed by atoms with Crippen LogP contribution in [0.3, 0.4) is 0 Å². The summed E-state index contributed by atoms with van der Waals surface area (Å²) in [5, 5.41) is 0. The van der Waals surface area contributed by atoms with Crippen LogP contribution in [0.15, 0.2) is 0 Å². The van der Waals surface area contributed by atoms with Crippen molar-refractivity contribution in [2.75, 3.05) is 6.54 Å². The van der Waals surface area contributed by atoms with E-state index in [2.05, 4.69) is 20.8 Å². The molecule has 1 rings (SSSR count). The topological polar surface area (TPSA) is 3.24 Å². The van der Waals surface area contributed by atoms with Gasteiger partial charge >= 0.3 is 0 Å². The highest BCUT2D eigenvalue weighted by molar-refractivity contribution is 4.86. The molecule has 1 fully saturated rings. The van der Waals surface area contributed by atoms with Crippen molar-refractivity contribution in [3.8, 4) is 0 Å². The number of hydrogen-bond acceptors (Lipinski definition) is 1. The summed E-state index contributed by atoms with van der Waals surface area (Å²) in [5.74, 6) is 0.217. The first-order valence-corrected chi connectivity index (χ1v) is 4.34. The summed E-state index contributed by atoms with van der Waals surface area (Å²) in [7, 11) is 0. The molecule has 0 aromatic heterocycles. The maximum atomic E-state index is 13.4. The van der Waals surface area contributed by atoms with Crippen molar-refractivity contribution in [2.45, 2.75) is 46.0 Å². The van der Waals surface area contributed by atoms with Crippen LogP contribution in [0, 0.1) is 5.92 Å². The van der Waals surface area contributed by atoms with Gasteiger partial charge in [0, 0.05) is 18.0 Å². The fourth-order valence-electron chi connectivity index (χ4n) is 1.62. The third kappa shape index (κ3) is 1.73. The molecule has 2 atom stereocenters. The molecule has 0 aromatic rings. The van der Waals surface area contributed by atoms with Gasteiger partial charge in [-0.2, -0.15) is 0 Å². The molecule has 0 N–H and O–H groups in total. The number of alkyl halides is 1. The largest absolute Gasteiger partial charge is 0.269 e. The van der Waals surface area contributed by atoms with Gasteiger partial charge in [-0.05, 0) is 27.2 Å². The van der Waals surface area contributed by atoms with Crippen LogP contribution in [0.4, 0.5) is 4.39 Å². The predicted molar refractivity (Wildman–Crippen MR) is 45.1 cm³/mol. The second-order valence-corrected chi connectivity index (χ2v) is 4.50. The zero-order chi connectivity index (χ0) is 8.65. The molecule has 0 radical (unpaired) electrons. The number of rotatable bonds is 0. The SMILES string of the molecule is C[C@@H]1CCN(C(C)(C)C)C1F. The van der Waals surface area contributed by atoms with E-state index < -0.39 is 6.30 Å². The highest BCUT2D eigenvalue weighted by Crippen LogP contribution is 2.30. The fourth-order valence-corrected chi connectivity index (χ4v) is 1.62. The van der Waals surface area contributed by atoms with Crippen LogP contribution in [0.25, 0.3) is 0 Å². The summed E-state index contributed by atoms with van der Waals surface area (Å²) in [6.45, 7) is 9.09. The van der Waals surface area contributed by atoms with Gasteiger partial charge in [-0.15, -0.1) is 0 Å². The van der Waals surface area contributed by atoms with Crippen molar-refractivity contribution in [1.29, 1.82) is 0 Å². The van der Waals surface area contributed by atoms with Gasteiger partial charge in [-0.1, -0.05) is 6.92 Å². The summed E-state index contributed by atoms with van der Waals surface area (Å²) < 4.78 is 13.4. The molecular formula is C9H18FN. The molecule has 1 heterocycles. The van der Waals surface area contributed by atoms with Crippen LogP contribution in [-0.2, 0) is 0 Å². The van der Waals surface area contributed by atoms with Gasteiger partial charge in [0.05, 0.1) is 0 Å². The first kappa shape index (κ1) is 8.98. The summed E-state index contributed by atoms with van der Waals surface area (Å²) in [6, 6.07) is 0. The van der Waals surface area contributed by atoms with E-state index in [1.54, 1.807) is 0 Å². The number of hydrogen-bond donors (Lipinski definition) is 0. The minimum Gasteiger partial charge on any atom is -0.269 e. The van der Waals surface area contributed by atoms with E-state index in [-0.39, 0.29) is 11.5 Å². The molecule has 11 heavy (non-hydrogen) atoms. The van der Waals surface area contributed by atoms with Crippen LogP contribution in [0.2, 0.25) is 0 Å². The Morgan fingerprint density at radius 1 is 1.36 bits per heavy atom. The average molecular weight is 159 g/mol. The van der Waals surface area contributed by atoms with Crippen molar-refractivity contribution in [1.82, 2.24) is 4.90 Å². The Kier molecular flexibility index (Phi) is 2.24. The van der Waals surface area contributed by atoms with E-state index in [0.717, 1.165) is 13.0 Å². The van der Waals surface area contributed by atoms with E-state index in [1.807, 2.05) is 11.8 Å². The van der Waals surface area contributed by atoms with Gasteiger partial charge in [-0.25, -0.2) is 4.39 Å². The molecule has 0 amide bonds. The highest BCUT2D eigenvalue weighted by atomic mass is 19.1. The Morgan fingerprint density at radius 3 is 2.09 bits per heavy atom. The summed E-state index contributed by atoms with van der Waals surface area (Å²) in [5.41, 5.74) is -0.00975. The van der Waals surface area contributed by atoms with E-state index in [4.69, 9.17) is 0 Å². The van der Waals surface area contributed by atoms with Gasteiger partial charge in [0.25, 0.3) is 0 Å². The molecule has 0 saturated carbocycles. The molecule has 1 aliphatic rings. The van der Waals surface area contributed by atoms with Gasteiger partial charge in [0.2, 0.25) is 0 Å². The van der Waals surface area contributed by atoms with Crippen molar-refractivity contribution < 1.29 is 4.39 Å². The molecule has 1 aliphatic heterocycles. The van der Waals surface area contributed by atoms with E-state index in [9.17, 15) is 4.39 Å². The lowest BCUT2D eigenvalue weighted by Gasteiger charge is -2.33. The monoisotopic (exact) mass is 159 g/mol. The van der Waals surface area contributed by atoms with Gasteiger partial charge < -0.3 is 0 Å². The minimum absolute atomic E-state index is 0.00975. The molecule has 1 unspecified atom stereocenters. The Hall–Kier alpha value is -0.110. The van der Waals surface area contributed by atoms with E-state index in [1.165, 1.54) is 0 Å². The minimum atomic E-state index is -0.727. The molecular weight excluding hydrogens is 141 g/mol. The third-order valence-corrected chi connectivity index (χ3v) is 2.45. The molecule has 66 valence electrons. The van der Waals surface area contributed by atoms with Gasteiger partial charge in [0.1, 0.15) is 0 Å². The predicted octanol–water partition coefficient (Wildman–Crippen LogP) is 2.42. The number of nitrogens with zero attached hydrogens (tertiary/aromatic N) is 1. The highest BCUT2D eigenvalue weighted by Gasteiger charge is 2.37. The Balaban J connectivity index is 2.62. The van der Waals surface area contributed by atoms with Crippen molar-refractivity contribution in [2.24, 2.45) is 5.92 Å². The Bertz CT molecular complexity index is 139.